The van der Waals surface area contributed by atoms with Crippen molar-refractivity contribution in [2.24, 2.45) is 0 Å². The number of sulfonamides is 1. The van der Waals surface area contributed by atoms with Crippen molar-refractivity contribution in [2.75, 3.05) is 23.4 Å². The van der Waals surface area contributed by atoms with Crippen molar-refractivity contribution >= 4 is 27.3 Å². The number of benzene rings is 2. The largest absolute Gasteiger partial charge is 0.492 e. The molecule has 2 N–H and O–H groups in total. The second-order valence-corrected chi connectivity index (χ2v) is 13.4. The normalized spacial score (nSPS) is 12.0. The summed E-state index contributed by atoms with van der Waals surface area (Å²) in [6.07, 6.45) is 5.52. The Kier molecular flexibility index (Phi) is 8.49. The van der Waals surface area contributed by atoms with Crippen molar-refractivity contribution < 1.29 is 17.9 Å². The molecule has 0 aliphatic heterocycles. The summed E-state index contributed by atoms with van der Waals surface area (Å²) in [4.78, 5) is 13.5. The van der Waals surface area contributed by atoms with Crippen LogP contribution in [-0.4, -0.2) is 52.5 Å². The van der Waals surface area contributed by atoms with E-state index in [1.54, 1.807) is 28.9 Å². The molecule has 2 aromatic heterocycles. The molecule has 2 aromatic carbocycles. The summed E-state index contributed by atoms with van der Waals surface area (Å²) in [5.74, 6) is -0.179. The fourth-order valence-corrected chi connectivity index (χ4v) is 5.30. The van der Waals surface area contributed by atoms with E-state index >= 15 is 0 Å². The smallest absolute Gasteiger partial charge is 0.255 e. The van der Waals surface area contributed by atoms with E-state index in [2.05, 4.69) is 46.2 Å². The van der Waals surface area contributed by atoms with Gasteiger partial charge in [0.15, 0.2) is 5.75 Å². The number of carbonyl (C=O) groups excluding carboxylic acids is 1. The molecule has 0 aliphatic carbocycles. The van der Waals surface area contributed by atoms with Gasteiger partial charge in [0.05, 0.1) is 42.8 Å². The van der Waals surface area contributed by atoms with Crippen LogP contribution in [0, 0.1) is 6.92 Å². The van der Waals surface area contributed by atoms with Gasteiger partial charge < -0.3 is 10.1 Å². The van der Waals surface area contributed by atoms with Crippen LogP contribution in [0.3, 0.4) is 0 Å². The summed E-state index contributed by atoms with van der Waals surface area (Å²) >= 11 is 0. The zero-order chi connectivity index (χ0) is 31.0. The van der Waals surface area contributed by atoms with E-state index < -0.39 is 15.9 Å². The highest BCUT2D eigenvalue weighted by molar-refractivity contribution is 7.92. The second-order valence-electron chi connectivity index (χ2n) is 11.6. The Labute approximate surface area is 247 Å². The predicted octanol–water partition coefficient (Wildman–Crippen LogP) is 5.51. The van der Waals surface area contributed by atoms with Gasteiger partial charge in [-0.05, 0) is 68.0 Å². The number of amides is 1. The van der Waals surface area contributed by atoms with Crippen LogP contribution in [0.1, 0.15) is 74.8 Å². The van der Waals surface area contributed by atoms with Gasteiger partial charge in [-0.2, -0.15) is 5.10 Å². The molecule has 2 heterocycles. The molecule has 0 radical (unpaired) electrons. The van der Waals surface area contributed by atoms with Crippen LogP contribution in [0.2, 0.25) is 0 Å². The Morgan fingerprint density at radius 2 is 1.81 bits per heavy atom. The maximum Gasteiger partial charge on any atom is 0.255 e. The average molecular weight is 594 g/mol. The summed E-state index contributed by atoms with van der Waals surface area (Å²) < 4.78 is 35.9. The minimum absolute atomic E-state index is 0.212. The van der Waals surface area contributed by atoms with Gasteiger partial charge in [-0.3, -0.25) is 14.2 Å². The molecule has 12 heteroatoms. The van der Waals surface area contributed by atoms with Gasteiger partial charge in [0.2, 0.25) is 10.0 Å². The summed E-state index contributed by atoms with van der Waals surface area (Å²) in [6.45, 7) is 14.2. The summed E-state index contributed by atoms with van der Waals surface area (Å²) in [5.41, 5.74) is 5.77. The number of nitrogens with one attached hydrogen (secondary N) is 2. The van der Waals surface area contributed by atoms with E-state index in [-0.39, 0.29) is 22.9 Å². The lowest BCUT2D eigenvalue weighted by atomic mass is 9.86. The Hall–Kier alpha value is -4.19. The van der Waals surface area contributed by atoms with E-state index in [0.29, 0.717) is 22.6 Å². The third-order valence-corrected chi connectivity index (χ3v) is 7.50. The average Bonchev–Trinajstić information content (AvgIpc) is 3.54. The molecule has 0 saturated heterocycles. The molecule has 42 heavy (non-hydrogen) atoms. The lowest BCUT2D eigenvalue weighted by Crippen LogP contribution is -2.18. The molecule has 0 unspecified atom stereocenters. The van der Waals surface area contributed by atoms with Crippen LogP contribution in [0.15, 0.2) is 42.7 Å². The van der Waals surface area contributed by atoms with Crippen LogP contribution < -0.4 is 14.8 Å². The van der Waals surface area contributed by atoms with Crippen LogP contribution in [0.4, 0.5) is 11.4 Å². The fraction of sp³-hybridized carbons (Fsp3) is 0.400. The van der Waals surface area contributed by atoms with Crippen molar-refractivity contribution in [1.29, 1.82) is 0 Å². The first-order chi connectivity index (χ1) is 19.6. The van der Waals surface area contributed by atoms with Crippen molar-refractivity contribution in [1.82, 2.24) is 24.8 Å². The maximum absolute atomic E-state index is 13.5. The minimum atomic E-state index is -3.60. The van der Waals surface area contributed by atoms with Gasteiger partial charge in [0.1, 0.15) is 5.69 Å². The van der Waals surface area contributed by atoms with Gasteiger partial charge >= 0.3 is 0 Å². The van der Waals surface area contributed by atoms with E-state index in [0.717, 1.165) is 35.1 Å². The molecule has 0 atom stereocenters. The van der Waals surface area contributed by atoms with Crippen LogP contribution in [0.25, 0.3) is 16.9 Å². The SMILES string of the molecule is CCc1c(-c2cn(-c3cc(C(=O)Nc4cc(C(C)(C)C)cc(NS(C)(=O)=O)c4OC)ccc3C)nn2)cnn1C(C)C. The number of rotatable bonds is 9. The Morgan fingerprint density at radius 3 is 2.40 bits per heavy atom. The van der Waals surface area contributed by atoms with Crippen LogP contribution in [-0.2, 0) is 21.9 Å². The standard InChI is InChI=1S/C30H39N7O4S/c1-10-26-22(16-31-37(26)18(2)3)25-17-36(35-33-25)27-13-20(12-11-19(27)4)29(38)32-23-14-21(30(5,6)7)15-24(28(23)41-8)34-42(9,39)40/h11-18,34H,10H2,1-9H3,(H,32,38). The number of hydrogen-bond acceptors (Lipinski definition) is 7. The van der Waals surface area contributed by atoms with Gasteiger partial charge in [-0.15, -0.1) is 5.10 Å². The summed E-state index contributed by atoms with van der Waals surface area (Å²) in [7, 11) is -2.17. The number of methoxy groups -OCH3 is 1. The third kappa shape index (κ3) is 6.48. The Bertz CT molecular complexity index is 1730. The molecule has 224 valence electrons. The van der Waals surface area contributed by atoms with Gasteiger partial charge in [0, 0.05) is 22.9 Å². The Morgan fingerprint density at radius 1 is 1.12 bits per heavy atom. The van der Waals surface area contributed by atoms with Gasteiger partial charge in [-0.1, -0.05) is 39.0 Å². The Balaban J connectivity index is 1.70. The van der Waals surface area contributed by atoms with Crippen LogP contribution >= 0.6 is 0 Å². The molecule has 4 aromatic rings. The highest BCUT2D eigenvalue weighted by Gasteiger charge is 2.23. The van der Waals surface area contributed by atoms with E-state index in [4.69, 9.17) is 4.74 Å². The first-order valence-electron chi connectivity index (χ1n) is 13.7. The van der Waals surface area contributed by atoms with Crippen molar-refractivity contribution in [3.8, 4) is 22.7 Å². The van der Waals surface area contributed by atoms with E-state index in [9.17, 15) is 13.2 Å². The predicted molar refractivity (Wildman–Crippen MR) is 165 cm³/mol. The number of hydrogen-bond donors (Lipinski definition) is 2. The molecule has 0 saturated carbocycles. The topological polar surface area (TPSA) is 133 Å². The van der Waals surface area contributed by atoms with E-state index in [1.165, 1.54) is 7.11 Å². The molecular formula is C30H39N7O4S. The molecule has 4 rings (SSSR count). The molecule has 0 aliphatic rings. The second kappa shape index (κ2) is 11.6. The highest BCUT2D eigenvalue weighted by Crippen LogP contribution is 2.39. The summed E-state index contributed by atoms with van der Waals surface area (Å²) in [5, 5.41) is 16.2. The van der Waals surface area contributed by atoms with Crippen molar-refractivity contribution in [3.63, 3.8) is 0 Å². The molecule has 0 spiro atoms. The lowest BCUT2D eigenvalue weighted by Gasteiger charge is -2.24. The molecule has 0 fully saturated rings. The van der Waals surface area contributed by atoms with Crippen molar-refractivity contribution in [3.05, 3.63) is 65.1 Å². The zero-order valence-corrected chi connectivity index (χ0v) is 26.4. The third-order valence-electron chi connectivity index (χ3n) is 6.91. The number of nitrogens with zero attached hydrogens (tertiary/aromatic N) is 5. The monoisotopic (exact) mass is 593 g/mol. The quantitative estimate of drug-likeness (QED) is 0.261. The molecule has 0 bridgehead atoms. The molecular weight excluding hydrogens is 554 g/mol. The van der Waals surface area contributed by atoms with Crippen LogP contribution in [0.5, 0.6) is 5.75 Å². The minimum Gasteiger partial charge on any atom is -0.492 e. The summed E-state index contributed by atoms with van der Waals surface area (Å²) in [6, 6.07) is 9.06. The number of carbonyl (C=O) groups is 1. The van der Waals surface area contributed by atoms with Gasteiger partial charge in [0.25, 0.3) is 5.91 Å². The van der Waals surface area contributed by atoms with Gasteiger partial charge in [-0.25, -0.2) is 13.1 Å². The zero-order valence-electron chi connectivity index (χ0n) is 25.6. The number of anilines is 2. The fourth-order valence-electron chi connectivity index (χ4n) is 4.75. The highest BCUT2D eigenvalue weighted by atomic mass is 32.2. The molecule has 11 nitrogen and oxygen atoms in total. The number of aryl methyl sites for hydroxylation is 1. The first-order valence-corrected chi connectivity index (χ1v) is 15.6. The number of ether oxygens (including phenoxy) is 1. The first kappa shape index (κ1) is 30.8. The maximum atomic E-state index is 13.5. The van der Waals surface area contributed by atoms with Crippen molar-refractivity contribution in [2.45, 2.75) is 66.3 Å². The lowest BCUT2D eigenvalue weighted by molar-refractivity contribution is 0.102. The number of aromatic nitrogens is 5. The molecule has 1 amide bonds. The van der Waals surface area contributed by atoms with E-state index in [1.807, 2.05) is 50.8 Å².